The highest BCUT2D eigenvalue weighted by molar-refractivity contribution is 5.25. The van der Waals surface area contributed by atoms with Crippen LogP contribution in [0.15, 0.2) is 17.2 Å². The molecule has 7 nitrogen and oxygen atoms in total. The number of aromatic nitrogens is 4. The van der Waals surface area contributed by atoms with Gasteiger partial charge >= 0.3 is 0 Å². The van der Waals surface area contributed by atoms with Gasteiger partial charge in [-0.1, -0.05) is 0 Å². The molecule has 0 bridgehead atoms. The Bertz CT molecular complexity index is 547. The summed E-state index contributed by atoms with van der Waals surface area (Å²) in [6.45, 7) is 1.50. The van der Waals surface area contributed by atoms with Crippen LogP contribution in [0.5, 0.6) is 0 Å². The fourth-order valence-corrected chi connectivity index (χ4v) is 1.65. The van der Waals surface area contributed by atoms with E-state index in [1.165, 1.54) is 16.9 Å². The van der Waals surface area contributed by atoms with Crippen molar-refractivity contribution in [3.05, 3.63) is 28.4 Å². The lowest BCUT2D eigenvalue weighted by molar-refractivity contribution is 0.243. The van der Waals surface area contributed by atoms with Crippen LogP contribution in [-0.4, -0.2) is 49.8 Å². The quantitative estimate of drug-likeness (QED) is 0.713. The topological polar surface area (TPSA) is 86.5 Å². The Balaban J connectivity index is 2.16. The second-order valence-electron chi connectivity index (χ2n) is 3.92. The lowest BCUT2D eigenvalue weighted by Crippen LogP contribution is -2.23. The number of rotatable bonds is 5. The average molecular weight is 237 g/mol. The van der Waals surface area contributed by atoms with Gasteiger partial charge < -0.3 is 10.0 Å². The summed E-state index contributed by atoms with van der Waals surface area (Å²) in [5, 5.41) is 11.4. The van der Waals surface area contributed by atoms with Crippen LogP contribution >= 0.6 is 0 Å². The van der Waals surface area contributed by atoms with E-state index in [2.05, 4.69) is 15.1 Å². The fraction of sp³-hybridized carbons (Fsp3) is 0.500. The van der Waals surface area contributed by atoms with E-state index in [4.69, 9.17) is 5.11 Å². The maximum Gasteiger partial charge on any atom is 0.274 e. The first-order chi connectivity index (χ1) is 8.20. The molecule has 0 fully saturated rings. The van der Waals surface area contributed by atoms with Crippen LogP contribution in [-0.2, 0) is 6.54 Å². The summed E-state index contributed by atoms with van der Waals surface area (Å²) in [5.74, 6) is 0.378. The van der Waals surface area contributed by atoms with Gasteiger partial charge in [-0.25, -0.2) is 9.97 Å². The average Bonchev–Trinajstić information content (AvgIpc) is 2.75. The molecule has 0 aliphatic carbocycles. The van der Waals surface area contributed by atoms with E-state index in [1.807, 2.05) is 11.9 Å². The van der Waals surface area contributed by atoms with E-state index >= 15 is 0 Å². The van der Waals surface area contributed by atoms with Gasteiger partial charge in [-0.3, -0.25) is 9.89 Å². The highest BCUT2D eigenvalue weighted by atomic mass is 16.3. The van der Waals surface area contributed by atoms with Gasteiger partial charge in [0.05, 0.1) is 5.69 Å². The number of nitrogens with one attached hydrogen (secondary N) is 1. The monoisotopic (exact) mass is 237 g/mol. The molecule has 17 heavy (non-hydrogen) atoms. The maximum atomic E-state index is 11.6. The van der Waals surface area contributed by atoms with Crippen molar-refractivity contribution < 1.29 is 5.11 Å². The number of nitrogens with zero attached hydrogens (tertiary/aromatic N) is 4. The van der Waals surface area contributed by atoms with Crippen LogP contribution in [0.4, 0.5) is 0 Å². The molecule has 0 saturated heterocycles. The first-order valence-electron chi connectivity index (χ1n) is 5.42. The van der Waals surface area contributed by atoms with Gasteiger partial charge in [0, 0.05) is 25.8 Å². The summed E-state index contributed by atoms with van der Waals surface area (Å²) in [7, 11) is 1.92. The smallest absolute Gasteiger partial charge is 0.274 e. The molecule has 0 aliphatic heterocycles. The molecular weight excluding hydrogens is 222 g/mol. The van der Waals surface area contributed by atoms with Crippen LogP contribution < -0.4 is 5.56 Å². The highest BCUT2D eigenvalue weighted by Crippen LogP contribution is 1.99. The SMILES string of the molecule is CN(CCCO)Cc1cc(=O)n2[nH]cnc2n1. The van der Waals surface area contributed by atoms with Crippen LogP contribution in [0.1, 0.15) is 12.1 Å². The van der Waals surface area contributed by atoms with Crippen molar-refractivity contribution in [3.8, 4) is 0 Å². The molecule has 92 valence electrons. The van der Waals surface area contributed by atoms with Crippen molar-refractivity contribution in [1.82, 2.24) is 24.5 Å². The zero-order valence-electron chi connectivity index (χ0n) is 9.63. The van der Waals surface area contributed by atoms with E-state index in [-0.39, 0.29) is 12.2 Å². The molecule has 2 N–H and O–H groups in total. The Morgan fingerprint density at radius 3 is 3.18 bits per heavy atom. The van der Waals surface area contributed by atoms with E-state index < -0.39 is 0 Å². The van der Waals surface area contributed by atoms with Crippen molar-refractivity contribution in [2.45, 2.75) is 13.0 Å². The molecule has 0 saturated carbocycles. The molecule has 0 radical (unpaired) electrons. The maximum absolute atomic E-state index is 11.6. The van der Waals surface area contributed by atoms with Gasteiger partial charge in [-0.05, 0) is 13.5 Å². The number of aromatic amines is 1. The molecular formula is C10H15N5O2. The summed E-state index contributed by atoms with van der Waals surface area (Å²) in [6.07, 6.45) is 2.14. The van der Waals surface area contributed by atoms with Crippen LogP contribution in [0.25, 0.3) is 5.78 Å². The Labute approximate surface area is 97.7 Å². The van der Waals surface area contributed by atoms with E-state index in [9.17, 15) is 4.79 Å². The normalized spacial score (nSPS) is 11.5. The molecule has 2 aromatic rings. The van der Waals surface area contributed by atoms with E-state index in [0.29, 0.717) is 24.4 Å². The molecule has 0 spiro atoms. The third-order valence-electron chi connectivity index (χ3n) is 2.45. The molecule has 0 aliphatic rings. The third kappa shape index (κ3) is 2.69. The fourth-order valence-electron chi connectivity index (χ4n) is 1.65. The molecule has 0 atom stereocenters. The molecule has 0 aromatic carbocycles. The van der Waals surface area contributed by atoms with Crippen molar-refractivity contribution >= 4 is 5.78 Å². The lowest BCUT2D eigenvalue weighted by atomic mass is 10.3. The zero-order valence-corrected chi connectivity index (χ0v) is 9.63. The van der Waals surface area contributed by atoms with Gasteiger partial charge in [-0.15, -0.1) is 0 Å². The number of H-pyrrole nitrogens is 1. The summed E-state index contributed by atoms with van der Waals surface area (Å²) in [6, 6.07) is 1.49. The number of fused-ring (bicyclic) bond motifs is 1. The Hall–Kier alpha value is -1.73. The second-order valence-corrected chi connectivity index (χ2v) is 3.92. The van der Waals surface area contributed by atoms with Gasteiger partial charge in [0.2, 0.25) is 0 Å². The van der Waals surface area contributed by atoms with Gasteiger partial charge in [-0.2, -0.15) is 4.52 Å². The van der Waals surface area contributed by atoms with Crippen LogP contribution in [0.2, 0.25) is 0 Å². The first-order valence-corrected chi connectivity index (χ1v) is 5.42. The summed E-state index contributed by atoms with van der Waals surface area (Å²) in [5.41, 5.74) is 0.514. The van der Waals surface area contributed by atoms with Crippen LogP contribution in [0.3, 0.4) is 0 Å². The minimum Gasteiger partial charge on any atom is -0.396 e. The Kier molecular flexibility index (Phi) is 3.50. The number of aliphatic hydroxyl groups excluding tert-OH is 1. The van der Waals surface area contributed by atoms with Gasteiger partial charge in [0.25, 0.3) is 11.3 Å². The molecule has 2 aromatic heterocycles. The van der Waals surface area contributed by atoms with Gasteiger partial charge in [0.15, 0.2) is 0 Å². The predicted octanol–water partition coefficient (Wildman–Crippen LogP) is -0.768. The molecule has 7 heteroatoms. The van der Waals surface area contributed by atoms with Crippen molar-refractivity contribution in [2.75, 3.05) is 20.2 Å². The largest absolute Gasteiger partial charge is 0.396 e. The Morgan fingerprint density at radius 1 is 1.59 bits per heavy atom. The summed E-state index contributed by atoms with van der Waals surface area (Å²) in [4.78, 5) is 21.9. The number of aliphatic hydroxyl groups is 1. The van der Waals surface area contributed by atoms with Crippen molar-refractivity contribution in [2.24, 2.45) is 0 Å². The first kappa shape index (κ1) is 11.7. The summed E-state index contributed by atoms with van der Waals surface area (Å²) < 4.78 is 1.29. The summed E-state index contributed by atoms with van der Waals surface area (Å²) >= 11 is 0. The minimum atomic E-state index is -0.168. The zero-order chi connectivity index (χ0) is 12.3. The van der Waals surface area contributed by atoms with E-state index in [1.54, 1.807) is 0 Å². The van der Waals surface area contributed by atoms with Crippen molar-refractivity contribution in [3.63, 3.8) is 0 Å². The molecule has 0 unspecified atom stereocenters. The molecule has 0 amide bonds. The van der Waals surface area contributed by atoms with Gasteiger partial charge in [0.1, 0.15) is 6.33 Å². The lowest BCUT2D eigenvalue weighted by Gasteiger charge is -2.14. The minimum absolute atomic E-state index is 0.166. The van der Waals surface area contributed by atoms with Crippen molar-refractivity contribution in [1.29, 1.82) is 0 Å². The number of hydrogen-bond acceptors (Lipinski definition) is 5. The predicted molar refractivity (Wildman–Crippen MR) is 61.6 cm³/mol. The molecule has 2 rings (SSSR count). The highest BCUT2D eigenvalue weighted by Gasteiger charge is 2.06. The Morgan fingerprint density at radius 2 is 2.41 bits per heavy atom. The molecule has 2 heterocycles. The third-order valence-corrected chi connectivity index (χ3v) is 2.45. The second kappa shape index (κ2) is 5.07. The van der Waals surface area contributed by atoms with Crippen LogP contribution in [0, 0.1) is 0 Å². The number of hydrogen-bond donors (Lipinski definition) is 2. The standard InChI is InChI=1S/C10H15N5O2/c1-14(3-2-4-16)6-8-5-9(17)15-10(13-8)11-7-12-15/h5,7,16H,2-4,6H2,1H3,(H,11,12,13). The van der Waals surface area contributed by atoms with E-state index in [0.717, 1.165) is 6.54 Å².